The van der Waals surface area contributed by atoms with Gasteiger partial charge in [-0.2, -0.15) is 0 Å². The first-order valence-electron chi connectivity index (χ1n) is 6.17. The van der Waals surface area contributed by atoms with E-state index in [0.717, 1.165) is 17.5 Å². The van der Waals surface area contributed by atoms with E-state index in [1.54, 1.807) is 6.08 Å². The zero-order valence-corrected chi connectivity index (χ0v) is 11.0. The molecule has 18 heavy (non-hydrogen) atoms. The van der Waals surface area contributed by atoms with Crippen LogP contribution in [0.25, 0.3) is 0 Å². The van der Waals surface area contributed by atoms with Gasteiger partial charge >= 0.3 is 5.97 Å². The average molecular weight is 248 g/mol. The fourth-order valence-electron chi connectivity index (χ4n) is 1.84. The summed E-state index contributed by atoms with van der Waals surface area (Å²) in [6.45, 7) is 7.62. The number of aliphatic carboxylic acids is 1. The highest BCUT2D eigenvalue weighted by Crippen LogP contribution is 2.32. The van der Waals surface area contributed by atoms with E-state index in [4.69, 9.17) is 9.84 Å². The third kappa shape index (κ3) is 3.62. The van der Waals surface area contributed by atoms with E-state index in [0.29, 0.717) is 18.1 Å². The minimum atomic E-state index is -0.960. The first-order valence-corrected chi connectivity index (χ1v) is 6.17. The van der Waals surface area contributed by atoms with Crippen LogP contribution in [0.3, 0.4) is 0 Å². The van der Waals surface area contributed by atoms with Gasteiger partial charge in [-0.15, -0.1) is 6.58 Å². The Kier molecular flexibility index (Phi) is 5.43. The fraction of sp³-hybridized carbons (Fsp3) is 0.400. The lowest BCUT2D eigenvalue weighted by molar-refractivity contribution is -0.139. The highest BCUT2D eigenvalue weighted by molar-refractivity contribution is 5.68. The SMILES string of the molecule is C=CCc1cccc(C(C)CC)c1OCC(=O)O. The monoisotopic (exact) mass is 248 g/mol. The Labute approximate surface area is 108 Å². The number of benzene rings is 1. The van der Waals surface area contributed by atoms with Crippen LogP contribution in [-0.2, 0) is 11.2 Å². The van der Waals surface area contributed by atoms with Crippen molar-refractivity contribution in [2.24, 2.45) is 0 Å². The number of carbonyl (C=O) groups is 1. The van der Waals surface area contributed by atoms with E-state index in [1.165, 1.54) is 0 Å². The Morgan fingerprint density at radius 2 is 2.28 bits per heavy atom. The number of carboxylic acid groups (broad SMARTS) is 1. The second kappa shape index (κ2) is 6.84. The number of para-hydroxylation sites is 1. The van der Waals surface area contributed by atoms with Crippen LogP contribution in [0.4, 0.5) is 0 Å². The predicted molar refractivity (Wildman–Crippen MR) is 72.2 cm³/mol. The number of carboxylic acids is 1. The molecule has 0 saturated carbocycles. The van der Waals surface area contributed by atoms with Crippen molar-refractivity contribution in [2.75, 3.05) is 6.61 Å². The van der Waals surface area contributed by atoms with Gasteiger partial charge < -0.3 is 9.84 Å². The highest BCUT2D eigenvalue weighted by atomic mass is 16.5. The molecule has 0 bridgehead atoms. The number of allylic oxidation sites excluding steroid dienone is 1. The van der Waals surface area contributed by atoms with Crippen LogP contribution in [0.1, 0.15) is 37.3 Å². The molecule has 3 heteroatoms. The van der Waals surface area contributed by atoms with E-state index >= 15 is 0 Å². The normalized spacial score (nSPS) is 11.9. The molecule has 98 valence electrons. The first-order chi connectivity index (χ1) is 8.60. The summed E-state index contributed by atoms with van der Waals surface area (Å²) in [6.07, 6.45) is 3.46. The molecule has 0 amide bonds. The molecule has 0 aliphatic carbocycles. The van der Waals surface area contributed by atoms with Crippen LogP contribution in [0.15, 0.2) is 30.9 Å². The number of rotatable bonds is 7. The summed E-state index contributed by atoms with van der Waals surface area (Å²) >= 11 is 0. The summed E-state index contributed by atoms with van der Waals surface area (Å²) in [5, 5.41) is 8.74. The summed E-state index contributed by atoms with van der Waals surface area (Å²) in [4.78, 5) is 10.6. The molecule has 0 radical (unpaired) electrons. The number of hydrogen-bond acceptors (Lipinski definition) is 2. The largest absolute Gasteiger partial charge is 0.481 e. The molecule has 0 spiro atoms. The minimum Gasteiger partial charge on any atom is -0.481 e. The Morgan fingerprint density at radius 1 is 1.56 bits per heavy atom. The quantitative estimate of drug-likeness (QED) is 0.752. The molecular formula is C15H20O3. The lowest BCUT2D eigenvalue weighted by atomic mass is 9.94. The van der Waals surface area contributed by atoms with E-state index in [9.17, 15) is 4.79 Å². The second-order valence-corrected chi connectivity index (χ2v) is 4.32. The van der Waals surface area contributed by atoms with E-state index in [1.807, 2.05) is 18.2 Å². The van der Waals surface area contributed by atoms with Gasteiger partial charge in [-0.05, 0) is 29.9 Å². The van der Waals surface area contributed by atoms with Gasteiger partial charge in [0.15, 0.2) is 6.61 Å². The molecule has 0 saturated heterocycles. The zero-order valence-electron chi connectivity index (χ0n) is 11.0. The van der Waals surface area contributed by atoms with Crippen LogP contribution in [-0.4, -0.2) is 17.7 Å². The molecule has 0 fully saturated rings. The van der Waals surface area contributed by atoms with Crippen molar-refractivity contribution in [1.29, 1.82) is 0 Å². The van der Waals surface area contributed by atoms with Gasteiger partial charge in [-0.3, -0.25) is 0 Å². The van der Waals surface area contributed by atoms with Crippen LogP contribution in [0.2, 0.25) is 0 Å². The topological polar surface area (TPSA) is 46.5 Å². The zero-order chi connectivity index (χ0) is 13.5. The lowest BCUT2D eigenvalue weighted by Crippen LogP contribution is -2.12. The van der Waals surface area contributed by atoms with Crippen LogP contribution >= 0.6 is 0 Å². The minimum absolute atomic E-state index is 0.308. The molecular weight excluding hydrogens is 228 g/mol. The van der Waals surface area contributed by atoms with Crippen LogP contribution in [0, 0.1) is 0 Å². The molecule has 0 aliphatic heterocycles. The summed E-state index contributed by atoms with van der Waals surface area (Å²) in [5.41, 5.74) is 2.06. The fourth-order valence-corrected chi connectivity index (χ4v) is 1.84. The summed E-state index contributed by atoms with van der Waals surface area (Å²) in [5.74, 6) is 0.0891. The van der Waals surface area contributed by atoms with Gasteiger partial charge in [0.05, 0.1) is 0 Å². The van der Waals surface area contributed by atoms with Crippen molar-refractivity contribution in [2.45, 2.75) is 32.6 Å². The summed E-state index contributed by atoms with van der Waals surface area (Å²) in [7, 11) is 0. The maximum atomic E-state index is 10.6. The lowest BCUT2D eigenvalue weighted by Gasteiger charge is -2.18. The number of hydrogen-bond donors (Lipinski definition) is 1. The maximum absolute atomic E-state index is 10.6. The van der Waals surface area contributed by atoms with Crippen molar-refractivity contribution in [3.63, 3.8) is 0 Å². The summed E-state index contributed by atoms with van der Waals surface area (Å²) < 4.78 is 5.46. The van der Waals surface area contributed by atoms with Crippen LogP contribution in [0.5, 0.6) is 5.75 Å². The van der Waals surface area contributed by atoms with Gasteiger partial charge in [0, 0.05) is 0 Å². The van der Waals surface area contributed by atoms with Gasteiger partial charge in [0.1, 0.15) is 5.75 Å². The Bertz CT molecular complexity index is 424. The van der Waals surface area contributed by atoms with Crippen molar-refractivity contribution >= 4 is 5.97 Å². The van der Waals surface area contributed by atoms with Crippen LogP contribution < -0.4 is 4.74 Å². The van der Waals surface area contributed by atoms with E-state index in [-0.39, 0.29) is 6.61 Å². The second-order valence-electron chi connectivity index (χ2n) is 4.32. The van der Waals surface area contributed by atoms with Gasteiger partial charge in [0.2, 0.25) is 0 Å². The average Bonchev–Trinajstić information content (AvgIpc) is 2.36. The molecule has 1 unspecified atom stereocenters. The predicted octanol–water partition coefficient (Wildman–Crippen LogP) is 3.39. The Hall–Kier alpha value is -1.77. The molecule has 0 heterocycles. The Balaban J connectivity index is 3.11. The highest BCUT2D eigenvalue weighted by Gasteiger charge is 2.14. The molecule has 1 aromatic carbocycles. The van der Waals surface area contributed by atoms with Gasteiger partial charge in [0.25, 0.3) is 0 Å². The molecule has 1 N–H and O–H groups in total. The van der Waals surface area contributed by atoms with Crippen molar-refractivity contribution in [3.05, 3.63) is 42.0 Å². The van der Waals surface area contributed by atoms with E-state index < -0.39 is 5.97 Å². The molecule has 0 aromatic heterocycles. The smallest absolute Gasteiger partial charge is 0.341 e. The molecule has 0 aliphatic rings. The first kappa shape index (κ1) is 14.3. The molecule has 1 rings (SSSR count). The van der Waals surface area contributed by atoms with Gasteiger partial charge in [-0.1, -0.05) is 38.1 Å². The van der Waals surface area contributed by atoms with Crippen molar-refractivity contribution in [1.82, 2.24) is 0 Å². The van der Waals surface area contributed by atoms with Gasteiger partial charge in [-0.25, -0.2) is 4.79 Å². The third-order valence-electron chi connectivity index (χ3n) is 2.97. The molecule has 3 nitrogen and oxygen atoms in total. The van der Waals surface area contributed by atoms with Crippen molar-refractivity contribution in [3.8, 4) is 5.75 Å². The van der Waals surface area contributed by atoms with E-state index in [2.05, 4.69) is 20.4 Å². The third-order valence-corrected chi connectivity index (χ3v) is 2.97. The standard InChI is InChI=1S/C15H20O3/c1-4-7-12-8-6-9-13(11(3)5-2)15(12)18-10-14(16)17/h4,6,8-9,11H,1,5,7,10H2,2-3H3,(H,16,17). The molecule has 1 aromatic rings. The Morgan fingerprint density at radius 3 is 2.83 bits per heavy atom. The summed E-state index contributed by atoms with van der Waals surface area (Å²) in [6, 6.07) is 5.93. The maximum Gasteiger partial charge on any atom is 0.341 e. The van der Waals surface area contributed by atoms with Crippen molar-refractivity contribution < 1.29 is 14.6 Å². The molecule has 1 atom stereocenters. The number of ether oxygens (including phenoxy) is 1.